The second-order valence-electron chi connectivity index (χ2n) is 4.62. The van der Waals surface area contributed by atoms with Gasteiger partial charge in [-0.3, -0.25) is 0 Å². The zero-order valence-electron chi connectivity index (χ0n) is 10.5. The molecule has 2 nitrogen and oxygen atoms in total. The summed E-state index contributed by atoms with van der Waals surface area (Å²) < 4.78 is 6.69. The lowest BCUT2D eigenvalue weighted by molar-refractivity contribution is 0.274. The molecule has 0 bridgehead atoms. The zero-order chi connectivity index (χ0) is 14.1. The lowest BCUT2D eigenvalue weighted by Gasteiger charge is -2.28. The van der Waals surface area contributed by atoms with E-state index in [0.29, 0.717) is 16.7 Å². The van der Waals surface area contributed by atoms with Crippen molar-refractivity contribution in [2.24, 2.45) is 0 Å². The molecule has 20 heavy (non-hydrogen) atoms. The summed E-state index contributed by atoms with van der Waals surface area (Å²) in [6.07, 6.45) is 0.866. The minimum absolute atomic E-state index is 0.133. The summed E-state index contributed by atoms with van der Waals surface area (Å²) in [6, 6.07) is 11.8. The van der Waals surface area contributed by atoms with Crippen molar-refractivity contribution in [3.8, 4) is 5.75 Å². The summed E-state index contributed by atoms with van der Waals surface area (Å²) in [5, 5.41) is 4.70. The maximum atomic E-state index is 6.20. The molecular formula is C15H12BrCl2NO. The van der Waals surface area contributed by atoms with Gasteiger partial charge in [-0.25, -0.2) is 0 Å². The van der Waals surface area contributed by atoms with E-state index in [4.69, 9.17) is 27.9 Å². The smallest absolute Gasteiger partial charge is 0.143 e. The van der Waals surface area contributed by atoms with Crippen molar-refractivity contribution in [3.63, 3.8) is 0 Å². The highest BCUT2D eigenvalue weighted by Gasteiger charge is 2.24. The molecule has 2 aromatic carbocycles. The molecule has 0 saturated heterocycles. The Hall–Kier alpha value is -0.900. The highest BCUT2D eigenvalue weighted by Crippen LogP contribution is 2.41. The van der Waals surface area contributed by atoms with Crippen molar-refractivity contribution in [3.05, 3.63) is 56.5 Å². The van der Waals surface area contributed by atoms with E-state index in [0.717, 1.165) is 27.9 Å². The predicted octanol–water partition coefficient (Wildman–Crippen LogP) is 5.69. The van der Waals surface area contributed by atoms with Crippen LogP contribution in [-0.4, -0.2) is 6.61 Å². The fourth-order valence-corrected chi connectivity index (χ4v) is 3.30. The summed E-state index contributed by atoms with van der Waals surface area (Å²) in [5.41, 5.74) is 2.05. The number of ether oxygens (including phenoxy) is 1. The minimum Gasteiger partial charge on any atom is -0.492 e. The maximum absolute atomic E-state index is 6.20. The molecule has 1 aliphatic heterocycles. The van der Waals surface area contributed by atoms with Gasteiger partial charge in [0.05, 0.1) is 17.7 Å². The van der Waals surface area contributed by atoms with E-state index in [2.05, 4.69) is 21.2 Å². The number of nitrogens with one attached hydrogen (secondary N) is 1. The average molecular weight is 373 g/mol. The molecule has 1 aliphatic rings. The molecule has 0 spiro atoms. The number of fused-ring (bicyclic) bond motifs is 1. The highest BCUT2D eigenvalue weighted by molar-refractivity contribution is 9.10. The van der Waals surface area contributed by atoms with Gasteiger partial charge >= 0.3 is 0 Å². The molecule has 0 amide bonds. The first-order chi connectivity index (χ1) is 9.65. The van der Waals surface area contributed by atoms with Crippen molar-refractivity contribution in [1.82, 2.24) is 0 Å². The normalized spacial score (nSPS) is 17.2. The summed E-state index contributed by atoms with van der Waals surface area (Å²) >= 11 is 15.9. The highest BCUT2D eigenvalue weighted by atomic mass is 79.9. The maximum Gasteiger partial charge on any atom is 0.143 e. The Bertz CT molecular complexity index is 648. The van der Waals surface area contributed by atoms with Crippen LogP contribution in [0.1, 0.15) is 18.0 Å². The average Bonchev–Trinajstić information content (AvgIpc) is 2.42. The lowest BCUT2D eigenvalue weighted by Crippen LogP contribution is -2.20. The van der Waals surface area contributed by atoms with Crippen LogP contribution in [0.25, 0.3) is 0 Å². The molecule has 0 aromatic heterocycles. The molecule has 0 fully saturated rings. The number of para-hydroxylation sites is 1. The number of halogens is 3. The van der Waals surface area contributed by atoms with Crippen LogP contribution >= 0.6 is 39.1 Å². The lowest BCUT2D eigenvalue weighted by atomic mass is 10.00. The zero-order valence-corrected chi connectivity index (χ0v) is 13.6. The number of hydrogen-bond donors (Lipinski definition) is 1. The minimum atomic E-state index is 0.133. The third-order valence-electron chi connectivity index (χ3n) is 3.27. The quantitative estimate of drug-likeness (QED) is 0.730. The standard InChI is InChI=1S/C15H12BrCl2NO/c16-11-3-1-2-4-14(11)19-13-5-6-20-15-10(13)7-9(17)8-12(15)18/h1-4,7-8,13,19H,5-6H2. The fourth-order valence-electron chi connectivity index (χ4n) is 2.34. The van der Waals surface area contributed by atoms with E-state index >= 15 is 0 Å². The van der Waals surface area contributed by atoms with Crippen LogP contribution in [0.3, 0.4) is 0 Å². The van der Waals surface area contributed by atoms with Crippen molar-refractivity contribution < 1.29 is 4.74 Å². The number of anilines is 1. The van der Waals surface area contributed by atoms with Crippen molar-refractivity contribution >= 4 is 44.8 Å². The topological polar surface area (TPSA) is 21.3 Å². The molecule has 0 aliphatic carbocycles. The Morgan fingerprint density at radius 2 is 2.00 bits per heavy atom. The molecule has 1 N–H and O–H groups in total. The second-order valence-corrected chi connectivity index (χ2v) is 6.32. The second kappa shape index (κ2) is 5.84. The van der Waals surface area contributed by atoms with Crippen LogP contribution < -0.4 is 10.1 Å². The fraction of sp³-hybridized carbons (Fsp3) is 0.200. The van der Waals surface area contributed by atoms with E-state index in [-0.39, 0.29) is 6.04 Å². The van der Waals surface area contributed by atoms with Gasteiger partial charge in [0.2, 0.25) is 0 Å². The van der Waals surface area contributed by atoms with Crippen molar-refractivity contribution in [1.29, 1.82) is 0 Å². The van der Waals surface area contributed by atoms with Crippen molar-refractivity contribution in [2.45, 2.75) is 12.5 Å². The van der Waals surface area contributed by atoms with Gasteiger partial charge in [0.25, 0.3) is 0 Å². The molecule has 0 saturated carbocycles. The molecule has 1 atom stereocenters. The summed E-state index contributed by atoms with van der Waals surface area (Å²) in [7, 11) is 0. The Balaban J connectivity index is 1.96. The summed E-state index contributed by atoms with van der Waals surface area (Å²) in [6.45, 7) is 0.635. The largest absolute Gasteiger partial charge is 0.492 e. The van der Waals surface area contributed by atoms with Crippen LogP contribution in [-0.2, 0) is 0 Å². The van der Waals surface area contributed by atoms with Gasteiger partial charge in [-0.2, -0.15) is 0 Å². The van der Waals surface area contributed by atoms with Crippen LogP contribution in [0.2, 0.25) is 10.0 Å². The number of rotatable bonds is 2. The van der Waals surface area contributed by atoms with E-state index in [9.17, 15) is 0 Å². The van der Waals surface area contributed by atoms with Crippen LogP contribution in [0, 0.1) is 0 Å². The van der Waals surface area contributed by atoms with Crippen LogP contribution in [0.4, 0.5) is 5.69 Å². The Kier molecular flexibility index (Phi) is 4.11. The van der Waals surface area contributed by atoms with Gasteiger partial charge in [0.15, 0.2) is 0 Å². The van der Waals surface area contributed by atoms with Crippen molar-refractivity contribution in [2.75, 3.05) is 11.9 Å². The molecule has 3 rings (SSSR count). The molecular weight excluding hydrogens is 361 g/mol. The summed E-state index contributed by atoms with van der Waals surface area (Å²) in [4.78, 5) is 0. The molecule has 5 heteroatoms. The Labute approximate surface area is 136 Å². The van der Waals surface area contributed by atoms with Gasteiger partial charge in [-0.05, 0) is 40.2 Å². The Morgan fingerprint density at radius 3 is 2.80 bits per heavy atom. The van der Waals surface area contributed by atoms with Crippen LogP contribution in [0.5, 0.6) is 5.75 Å². The monoisotopic (exact) mass is 371 g/mol. The summed E-state index contributed by atoms with van der Waals surface area (Å²) in [5.74, 6) is 0.729. The molecule has 0 radical (unpaired) electrons. The van der Waals surface area contributed by atoms with Gasteiger partial charge in [0.1, 0.15) is 5.75 Å². The first-order valence-electron chi connectivity index (χ1n) is 6.28. The predicted molar refractivity (Wildman–Crippen MR) is 87.1 cm³/mol. The third kappa shape index (κ3) is 2.76. The molecule has 104 valence electrons. The number of benzene rings is 2. The number of hydrogen-bond acceptors (Lipinski definition) is 2. The van der Waals surface area contributed by atoms with E-state index < -0.39 is 0 Å². The first kappa shape index (κ1) is 14.1. The van der Waals surface area contributed by atoms with Gasteiger partial charge in [0, 0.05) is 27.2 Å². The molecule has 1 heterocycles. The van der Waals surface area contributed by atoms with E-state index in [1.54, 1.807) is 6.07 Å². The SMILES string of the molecule is Clc1cc(Cl)c2c(c1)C(Nc1ccccc1Br)CCO2. The third-order valence-corrected chi connectivity index (χ3v) is 4.46. The molecule has 2 aromatic rings. The van der Waals surface area contributed by atoms with Gasteiger partial charge < -0.3 is 10.1 Å². The van der Waals surface area contributed by atoms with E-state index in [1.165, 1.54) is 0 Å². The van der Waals surface area contributed by atoms with Gasteiger partial charge in [-0.15, -0.1) is 0 Å². The van der Waals surface area contributed by atoms with E-state index in [1.807, 2.05) is 30.3 Å². The Morgan fingerprint density at radius 1 is 1.20 bits per heavy atom. The van der Waals surface area contributed by atoms with Gasteiger partial charge in [-0.1, -0.05) is 35.3 Å². The van der Waals surface area contributed by atoms with Crippen LogP contribution in [0.15, 0.2) is 40.9 Å². The molecule has 1 unspecified atom stereocenters. The first-order valence-corrected chi connectivity index (χ1v) is 7.83.